The Bertz CT molecular complexity index is 655. The summed E-state index contributed by atoms with van der Waals surface area (Å²) in [6.07, 6.45) is 0. The molecule has 3 nitrogen and oxygen atoms in total. The molecule has 0 bridgehead atoms. The number of amides is 1. The number of aryl methyl sites for hydroxylation is 2. The predicted octanol–water partition coefficient (Wildman–Crippen LogP) is 3.50. The highest BCUT2D eigenvalue weighted by Gasteiger charge is 2.18. The number of hydrogen-bond donors (Lipinski definition) is 0. The largest absolute Gasteiger partial charge is 0.333 e. The monoisotopic (exact) mass is 286 g/mol. The fourth-order valence-corrected chi connectivity index (χ4v) is 2.17. The summed E-state index contributed by atoms with van der Waals surface area (Å²) in [6.45, 7) is 6.46. The van der Waals surface area contributed by atoms with Crippen molar-refractivity contribution in [3.63, 3.8) is 0 Å². The lowest BCUT2D eigenvalue weighted by Gasteiger charge is -2.21. The average Bonchev–Trinajstić information content (AvgIpc) is 2.44. The van der Waals surface area contributed by atoms with Crippen LogP contribution in [0.1, 0.15) is 34.2 Å². The number of carbonyl (C=O) groups is 1. The molecule has 4 heteroatoms. The third kappa shape index (κ3) is 3.66. The van der Waals surface area contributed by atoms with Gasteiger partial charge in [0.2, 0.25) is 0 Å². The van der Waals surface area contributed by atoms with Crippen molar-refractivity contribution in [3.8, 4) is 0 Å². The van der Waals surface area contributed by atoms with Crippen molar-refractivity contribution in [2.24, 2.45) is 0 Å². The summed E-state index contributed by atoms with van der Waals surface area (Å²) in [4.78, 5) is 18.4. The van der Waals surface area contributed by atoms with Gasteiger partial charge in [0.25, 0.3) is 5.91 Å². The molecule has 0 N–H and O–H groups in total. The molecule has 2 rings (SSSR count). The van der Waals surface area contributed by atoms with Crippen LogP contribution in [0.25, 0.3) is 0 Å². The Morgan fingerprint density at radius 2 is 2.00 bits per heavy atom. The van der Waals surface area contributed by atoms with Crippen LogP contribution in [0, 0.1) is 19.7 Å². The molecule has 0 saturated carbocycles. The van der Waals surface area contributed by atoms with Crippen molar-refractivity contribution in [3.05, 3.63) is 64.7 Å². The summed E-state index contributed by atoms with van der Waals surface area (Å²) in [5.74, 6) is -0.783. The minimum absolute atomic E-state index is 0.107. The van der Waals surface area contributed by atoms with Gasteiger partial charge in [-0.3, -0.25) is 9.78 Å². The van der Waals surface area contributed by atoms with Crippen molar-refractivity contribution in [1.29, 1.82) is 0 Å². The number of carbonyl (C=O) groups excluding carboxylic acids is 1. The molecule has 0 aliphatic heterocycles. The molecular weight excluding hydrogens is 267 g/mol. The molecule has 110 valence electrons. The van der Waals surface area contributed by atoms with Gasteiger partial charge in [-0.15, -0.1) is 0 Å². The summed E-state index contributed by atoms with van der Waals surface area (Å²) in [5, 5.41) is 0. The van der Waals surface area contributed by atoms with Crippen LogP contribution in [0.4, 0.5) is 4.39 Å². The minimum atomic E-state index is -0.476. The highest BCUT2D eigenvalue weighted by molar-refractivity contribution is 5.94. The van der Waals surface area contributed by atoms with Gasteiger partial charge in [0.15, 0.2) is 0 Å². The fourth-order valence-electron chi connectivity index (χ4n) is 2.17. The summed E-state index contributed by atoms with van der Waals surface area (Å²) in [6, 6.07) is 10.3. The highest BCUT2D eigenvalue weighted by Crippen LogP contribution is 2.14. The molecule has 1 aromatic carbocycles. The van der Waals surface area contributed by atoms with Gasteiger partial charge in [0.05, 0.1) is 17.8 Å². The molecular formula is C17H19FN2O. The van der Waals surface area contributed by atoms with Crippen molar-refractivity contribution in [2.45, 2.75) is 27.3 Å². The number of rotatable bonds is 4. The Kier molecular flexibility index (Phi) is 4.68. The molecule has 0 unspecified atom stereocenters. The second-order valence-electron chi connectivity index (χ2n) is 5.07. The van der Waals surface area contributed by atoms with E-state index in [1.165, 1.54) is 6.07 Å². The van der Waals surface area contributed by atoms with E-state index in [-0.39, 0.29) is 11.5 Å². The lowest BCUT2D eigenvalue weighted by Crippen LogP contribution is -2.31. The maximum atomic E-state index is 13.9. The molecule has 0 aliphatic carbocycles. The summed E-state index contributed by atoms with van der Waals surface area (Å²) in [5.41, 5.74) is 2.61. The van der Waals surface area contributed by atoms with E-state index in [0.29, 0.717) is 13.1 Å². The van der Waals surface area contributed by atoms with E-state index in [1.807, 2.05) is 32.0 Å². The molecule has 0 radical (unpaired) electrons. The zero-order valence-electron chi connectivity index (χ0n) is 12.6. The van der Waals surface area contributed by atoms with Crippen molar-refractivity contribution >= 4 is 5.91 Å². The van der Waals surface area contributed by atoms with Crippen LogP contribution in [-0.4, -0.2) is 22.3 Å². The SMILES string of the molecule is CCN(Cc1cccc(C)n1)C(=O)c1ccc(C)cc1F. The topological polar surface area (TPSA) is 33.2 Å². The number of pyridine rings is 1. The normalized spacial score (nSPS) is 10.5. The highest BCUT2D eigenvalue weighted by atomic mass is 19.1. The van der Waals surface area contributed by atoms with E-state index in [4.69, 9.17) is 0 Å². The second-order valence-corrected chi connectivity index (χ2v) is 5.07. The van der Waals surface area contributed by atoms with E-state index < -0.39 is 5.82 Å². The van der Waals surface area contributed by atoms with Crippen LogP contribution >= 0.6 is 0 Å². The molecule has 21 heavy (non-hydrogen) atoms. The second kappa shape index (κ2) is 6.48. The Hall–Kier alpha value is -2.23. The van der Waals surface area contributed by atoms with Gasteiger partial charge in [-0.1, -0.05) is 12.1 Å². The van der Waals surface area contributed by atoms with E-state index in [9.17, 15) is 9.18 Å². The molecule has 0 atom stereocenters. The molecule has 1 amide bonds. The Labute approximate surface area is 124 Å². The third-order valence-corrected chi connectivity index (χ3v) is 3.32. The Morgan fingerprint density at radius 3 is 2.62 bits per heavy atom. The lowest BCUT2D eigenvalue weighted by atomic mass is 10.1. The first-order valence-corrected chi connectivity index (χ1v) is 6.99. The smallest absolute Gasteiger partial charge is 0.257 e. The number of nitrogens with zero attached hydrogens (tertiary/aromatic N) is 2. The molecule has 1 heterocycles. The summed E-state index contributed by atoms with van der Waals surface area (Å²) < 4.78 is 13.9. The molecule has 2 aromatic rings. The van der Waals surface area contributed by atoms with Crippen LogP contribution < -0.4 is 0 Å². The van der Waals surface area contributed by atoms with Crippen molar-refractivity contribution < 1.29 is 9.18 Å². The van der Waals surface area contributed by atoms with Crippen molar-refractivity contribution in [2.75, 3.05) is 6.54 Å². The maximum absolute atomic E-state index is 13.9. The number of aromatic nitrogens is 1. The average molecular weight is 286 g/mol. The van der Waals surface area contributed by atoms with Gasteiger partial charge in [0, 0.05) is 12.2 Å². The van der Waals surface area contributed by atoms with Crippen molar-refractivity contribution in [1.82, 2.24) is 9.88 Å². The molecule has 0 saturated heterocycles. The van der Waals surface area contributed by atoms with Gasteiger partial charge >= 0.3 is 0 Å². The lowest BCUT2D eigenvalue weighted by molar-refractivity contribution is 0.0746. The molecule has 0 aliphatic rings. The first kappa shape index (κ1) is 15.2. The van der Waals surface area contributed by atoms with Gasteiger partial charge in [-0.05, 0) is 50.6 Å². The fraction of sp³-hybridized carbons (Fsp3) is 0.294. The van der Waals surface area contributed by atoms with Crippen LogP contribution in [0.2, 0.25) is 0 Å². The van der Waals surface area contributed by atoms with Gasteiger partial charge in [-0.25, -0.2) is 4.39 Å². The van der Waals surface area contributed by atoms with Crippen LogP contribution in [0.5, 0.6) is 0 Å². The third-order valence-electron chi connectivity index (χ3n) is 3.32. The molecule has 0 spiro atoms. The standard InChI is InChI=1S/C17H19FN2O/c1-4-20(11-14-7-5-6-13(3)19-14)17(21)15-9-8-12(2)10-16(15)18/h5-10H,4,11H2,1-3H3. The Morgan fingerprint density at radius 1 is 1.24 bits per heavy atom. The molecule has 1 aromatic heterocycles. The summed E-state index contributed by atoms with van der Waals surface area (Å²) in [7, 11) is 0. The quantitative estimate of drug-likeness (QED) is 0.862. The van der Waals surface area contributed by atoms with Crippen LogP contribution in [0.3, 0.4) is 0 Å². The van der Waals surface area contributed by atoms with Gasteiger partial charge in [0.1, 0.15) is 5.82 Å². The zero-order chi connectivity index (χ0) is 15.4. The van der Waals surface area contributed by atoms with E-state index >= 15 is 0 Å². The van der Waals surface area contributed by atoms with E-state index in [1.54, 1.807) is 24.0 Å². The van der Waals surface area contributed by atoms with Crippen LogP contribution in [-0.2, 0) is 6.54 Å². The number of halogens is 1. The van der Waals surface area contributed by atoms with E-state index in [2.05, 4.69) is 4.98 Å². The first-order chi connectivity index (χ1) is 10.0. The van der Waals surface area contributed by atoms with Gasteiger partial charge < -0.3 is 4.90 Å². The molecule has 0 fully saturated rings. The zero-order valence-corrected chi connectivity index (χ0v) is 12.6. The minimum Gasteiger partial charge on any atom is -0.333 e. The first-order valence-electron chi connectivity index (χ1n) is 6.99. The number of hydrogen-bond acceptors (Lipinski definition) is 2. The van der Waals surface area contributed by atoms with Crippen LogP contribution in [0.15, 0.2) is 36.4 Å². The predicted molar refractivity (Wildman–Crippen MR) is 80.5 cm³/mol. The van der Waals surface area contributed by atoms with Gasteiger partial charge in [-0.2, -0.15) is 0 Å². The maximum Gasteiger partial charge on any atom is 0.257 e. The number of benzene rings is 1. The van der Waals surface area contributed by atoms with E-state index in [0.717, 1.165) is 17.0 Å². The summed E-state index contributed by atoms with van der Waals surface area (Å²) >= 11 is 0. The Balaban J connectivity index is 2.22.